The van der Waals surface area contributed by atoms with E-state index >= 15 is 0 Å². The summed E-state index contributed by atoms with van der Waals surface area (Å²) in [6, 6.07) is -0.726. The van der Waals surface area contributed by atoms with Crippen molar-refractivity contribution in [2.24, 2.45) is 11.8 Å². The van der Waals surface area contributed by atoms with Gasteiger partial charge in [-0.3, -0.25) is 9.59 Å². The molecule has 0 radical (unpaired) electrons. The molecule has 7 heteroatoms. The van der Waals surface area contributed by atoms with Crippen molar-refractivity contribution in [2.45, 2.75) is 39.7 Å². The maximum Gasteiger partial charge on any atom is 0.317 e. The second-order valence-electron chi connectivity index (χ2n) is 5.38. The van der Waals surface area contributed by atoms with E-state index in [1.807, 2.05) is 0 Å². The van der Waals surface area contributed by atoms with Crippen molar-refractivity contribution >= 4 is 18.0 Å². The van der Waals surface area contributed by atoms with Crippen LogP contribution in [0.2, 0.25) is 0 Å². The third-order valence-corrected chi connectivity index (χ3v) is 3.89. The molecule has 1 rings (SSSR count). The van der Waals surface area contributed by atoms with E-state index in [1.54, 1.807) is 25.7 Å². The average Bonchev–Trinajstić information content (AvgIpc) is 2.46. The Bertz CT molecular complexity index is 391. The first kappa shape index (κ1) is 17.3. The fourth-order valence-electron chi connectivity index (χ4n) is 2.20. The van der Waals surface area contributed by atoms with E-state index in [9.17, 15) is 14.4 Å². The van der Waals surface area contributed by atoms with E-state index in [4.69, 9.17) is 9.84 Å². The van der Waals surface area contributed by atoms with Crippen LogP contribution < -0.4 is 5.32 Å². The predicted octanol–water partition coefficient (Wildman–Crippen LogP) is 1.08. The van der Waals surface area contributed by atoms with Crippen LogP contribution in [0.3, 0.4) is 0 Å². The Balaban J connectivity index is 2.42. The summed E-state index contributed by atoms with van der Waals surface area (Å²) in [5.74, 6) is -1.94. The van der Waals surface area contributed by atoms with Crippen LogP contribution in [0.15, 0.2) is 0 Å². The number of hydrogen-bond donors (Lipinski definition) is 2. The van der Waals surface area contributed by atoms with Crippen LogP contribution in [0.4, 0.5) is 4.79 Å². The Morgan fingerprint density at radius 3 is 2.33 bits per heavy atom. The van der Waals surface area contributed by atoms with Gasteiger partial charge in [0, 0.05) is 19.1 Å². The predicted molar refractivity (Wildman–Crippen MR) is 75.7 cm³/mol. The second kappa shape index (κ2) is 7.85. The SMILES string of the molecule is CCOC(=O)C1CCN(C(=O)NC(C)C(C)C(=O)O)CC1. The van der Waals surface area contributed by atoms with Crippen molar-refractivity contribution in [1.82, 2.24) is 10.2 Å². The maximum atomic E-state index is 12.0. The summed E-state index contributed by atoms with van der Waals surface area (Å²) in [5, 5.41) is 11.6. The standard InChI is InChI=1S/C14H24N2O5/c1-4-21-13(19)11-5-7-16(8-6-11)14(20)15-10(3)9(2)12(17)18/h9-11H,4-8H2,1-3H3,(H,15,20)(H,17,18). The van der Waals surface area contributed by atoms with Crippen molar-refractivity contribution in [3.05, 3.63) is 0 Å². The summed E-state index contributed by atoms with van der Waals surface area (Å²) in [7, 11) is 0. The van der Waals surface area contributed by atoms with Gasteiger partial charge in [-0.15, -0.1) is 0 Å². The fraction of sp³-hybridized carbons (Fsp3) is 0.786. The highest BCUT2D eigenvalue weighted by Crippen LogP contribution is 2.19. The highest BCUT2D eigenvalue weighted by atomic mass is 16.5. The van der Waals surface area contributed by atoms with Crippen LogP contribution in [-0.4, -0.2) is 53.7 Å². The molecular formula is C14H24N2O5. The molecule has 0 bridgehead atoms. The van der Waals surface area contributed by atoms with Crippen molar-refractivity contribution < 1.29 is 24.2 Å². The number of piperidine rings is 1. The van der Waals surface area contributed by atoms with Gasteiger partial charge in [0.25, 0.3) is 0 Å². The topological polar surface area (TPSA) is 95.9 Å². The zero-order valence-corrected chi connectivity index (χ0v) is 12.8. The monoisotopic (exact) mass is 300 g/mol. The molecule has 1 aliphatic heterocycles. The number of ether oxygens (including phenoxy) is 1. The van der Waals surface area contributed by atoms with Crippen LogP contribution >= 0.6 is 0 Å². The molecule has 1 heterocycles. The van der Waals surface area contributed by atoms with Crippen LogP contribution in [0.25, 0.3) is 0 Å². The van der Waals surface area contributed by atoms with Crippen LogP contribution in [0.1, 0.15) is 33.6 Å². The first-order chi connectivity index (χ1) is 9.86. The minimum Gasteiger partial charge on any atom is -0.481 e. The molecule has 7 nitrogen and oxygen atoms in total. The number of likely N-dealkylation sites (tertiary alicyclic amines) is 1. The number of carboxylic acid groups (broad SMARTS) is 1. The molecule has 21 heavy (non-hydrogen) atoms. The summed E-state index contributed by atoms with van der Waals surface area (Å²) in [5.41, 5.74) is 0. The molecule has 2 amide bonds. The molecule has 0 spiro atoms. The van der Waals surface area contributed by atoms with Gasteiger partial charge in [0.1, 0.15) is 0 Å². The molecule has 1 aliphatic rings. The molecule has 2 N–H and O–H groups in total. The van der Waals surface area contributed by atoms with E-state index in [2.05, 4.69) is 5.32 Å². The number of urea groups is 1. The number of carboxylic acids is 1. The third-order valence-electron chi connectivity index (χ3n) is 3.89. The van der Waals surface area contributed by atoms with Crippen molar-refractivity contribution in [3.8, 4) is 0 Å². The molecule has 0 saturated carbocycles. The number of nitrogens with zero attached hydrogens (tertiary/aromatic N) is 1. The van der Waals surface area contributed by atoms with E-state index in [0.29, 0.717) is 32.5 Å². The van der Waals surface area contributed by atoms with Crippen LogP contribution in [0.5, 0.6) is 0 Å². The van der Waals surface area contributed by atoms with Gasteiger partial charge in [0.05, 0.1) is 18.4 Å². The van der Waals surface area contributed by atoms with E-state index in [1.165, 1.54) is 0 Å². The van der Waals surface area contributed by atoms with Crippen LogP contribution in [0, 0.1) is 11.8 Å². The molecule has 0 aromatic rings. The summed E-state index contributed by atoms with van der Waals surface area (Å²) in [6.07, 6.45) is 1.16. The maximum absolute atomic E-state index is 12.0. The minimum atomic E-state index is -0.941. The second-order valence-corrected chi connectivity index (χ2v) is 5.38. The largest absolute Gasteiger partial charge is 0.481 e. The quantitative estimate of drug-likeness (QED) is 0.741. The Labute approximate surface area is 124 Å². The van der Waals surface area contributed by atoms with Crippen molar-refractivity contribution in [3.63, 3.8) is 0 Å². The smallest absolute Gasteiger partial charge is 0.317 e. The number of aliphatic carboxylic acids is 1. The first-order valence-corrected chi connectivity index (χ1v) is 7.31. The van der Waals surface area contributed by atoms with Gasteiger partial charge < -0.3 is 20.1 Å². The summed E-state index contributed by atoms with van der Waals surface area (Å²) >= 11 is 0. The number of rotatable bonds is 5. The lowest BCUT2D eigenvalue weighted by Gasteiger charge is -2.32. The van der Waals surface area contributed by atoms with Crippen molar-refractivity contribution in [2.75, 3.05) is 19.7 Å². The number of amides is 2. The zero-order chi connectivity index (χ0) is 16.0. The van der Waals surface area contributed by atoms with E-state index in [0.717, 1.165) is 0 Å². The lowest BCUT2D eigenvalue weighted by molar-refractivity contribution is -0.149. The number of carbonyl (C=O) groups is 3. The van der Waals surface area contributed by atoms with Gasteiger partial charge in [-0.25, -0.2) is 4.79 Å². The number of carbonyl (C=O) groups excluding carboxylic acids is 2. The number of hydrogen-bond acceptors (Lipinski definition) is 4. The molecule has 1 saturated heterocycles. The van der Waals surface area contributed by atoms with Gasteiger partial charge >= 0.3 is 18.0 Å². The van der Waals surface area contributed by atoms with Gasteiger partial charge in [-0.2, -0.15) is 0 Å². The highest BCUT2D eigenvalue weighted by Gasteiger charge is 2.29. The molecule has 1 fully saturated rings. The van der Waals surface area contributed by atoms with Gasteiger partial charge in [-0.1, -0.05) is 0 Å². The molecular weight excluding hydrogens is 276 g/mol. The van der Waals surface area contributed by atoms with E-state index < -0.39 is 17.9 Å². The molecule has 0 aliphatic carbocycles. The average molecular weight is 300 g/mol. The number of nitrogens with one attached hydrogen (secondary N) is 1. The van der Waals surface area contributed by atoms with Crippen molar-refractivity contribution in [1.29, 1.82) is 0 Å². The highest BCUT2D eigenvalue weighted by molar-refractivity contribution is 5.77. The Morgan fingerprint density at radius 2 is 1.86 bits per heavy atom. The number of esters is 1. The third kappa shape index (κ3) is 4.91. The van der Waals surface area contributed by atoms with Gasteiger partial charge in [0.2, 0.25) is 0 Å². The zero-order valence-electron chi connectivity index (χ0n) is 12.8. The molecule has 0 aromatic carbocycles. The fourth-order valence-corrected chi connectivity index (χ4v) is 2.20. The van der Waals surface area contributed by atoms with Crippen LogP contribution in [-0.2, 0) is 14.3 Å². The Kier molecular flexibility index (Phi) is 6.45. The Morgan fingerprint density at radius 1 is 1.29 bits per heavy atom. The molecule has 120 valence electrons. The molecule has 2 atom stereocenters. The lowest BCUT2D eigenvalue weighted by atomic mass is 9.97. The summed E-state index contributed by atoms with van der Waals surface area (Å²) < 4.78 is 4.98. The first-order valence-electron chi connectivity index (χ1n) is 7.31. The summed E-state index contributed by atoms with van der Waals surface area (Å²) in [4.78, 5) is 36.1. The van der Waals surface area contributed by atoms with E-state index in [-0.39, 0.29) is 17.9 Å². The normalized spacial score (nSPS) is 18.7. The van der Waals surface area contributed by atoms with Gasteiger partial charge in [0.15, 0.2) is 0 Å². The molecule has 2 unspecified atom stereocenters. The summed E-state index contributed by atoms with van der Waals surface area (Å²) in [6.45, 7) is 6.31. The van der Waals surface area contributed by atoms with Gasteiger partial charge in [-0.05, 0) is 33.6 Å². The minimum absolute atomic E-state index is 0.149. The lowest BCUT2D eigenvalue weighted by Crippen LogP contribution is -2.50. The molecule has 0 aromatic heterocycles. The Hall–Kier alpha value is -1.79.